The summed E-state index contributed by atoms with van der Waals surface area (Å²) in [7, 11) is 0. The number of hydrogen-bond donors (Lipinski definition) is 5. The van der Waals surface area contributed by atoms with Crippen molar-refractivity contribution in [3.8, 4) is 0 Å². The Morgan fingerprint density at radius 2 is 1.85 bits per heavy atom. The van der Waals surface area contributed by atoms with Crippen LogP contribution in [0.4, 0.5) is 23.4 Å². The smallest absolute Gasteiger partial charge is 0.280 e. The molecule has 3 aliphatic rings. The summed E-state index contributed by atoms with van der Waals surface area (Å²) in [5, 5.41) is 3.29. The van der Waals surface area contributed by atoms with Crippen LogP contribution in [0.2, 0.25) is 0 Å². The van der Waals surface area contributed by atoms with Crippen LogP contribution in [0.1, 0.15) is 6.92 Å². The van der Waals surface area contributed by atoms with Gasteiger partial charge in [-0.3, -0.25) is 24.5 Å². The van der Waals surface area contributed by atoms with E-state index in [4.69, 9.17) is 11.5 Å². The van der Waals surface area contributed by atoms with Gasteiger partial charge in [-0.05, 0) is 6.92 Å². The van der Waals surface area contributed by atoms with Gasteiger partial charge < -0.3 is 21.7 Å². The zero-order valence-electron chi connectivity index (χ0n) is 14.3. The number of nitrogens with two attached hydrogens (primary N) is 2. The van der Waals surface area contributed by atoms with Crippen molar-refractivity contribution in [3.63, 3.8) is 0 Å². The molecule has 2 aromatic heterocycles. The van der Waals surface area contributed by atoms with Gasteiger partial charge >= 0.3 is 0 Å². The molecule has 3 aliphatic heterocycles. The van der Waals surface area contributed by atoms with Crippen molar-refractivity contribution < 1.29 is 0 Å². The molecule has 12 nitrogen and oxygen atoms in total. The van der Waals surface area contributed by atoms with Crippen molar-refractivity contribution in [1.29, 1.82) is 0 Å². The molecule has 0 bridgehead atoms. The molecular formula is C15H16N10O2. The van der Waals surface area contributed by atoms with Gasteiger partial charge in [0.2, 0.25) is 11.9 Å². The van der Waals surface area contributed by atoms with E-state index in [9.17, 15) is 9.59 Å². The van der Waals surface area contributed by atoms with Crippen LogP contribution in [0.3, 0.4) is 0 Å². The summed E-state index contributed by atoms with van der Waals surface area (Å²) < 4.78 is 0. The fourth-order valence-corrected chi connectivity index (χ4v) is 3.96. The average molecular weight is 368 g/mol. The quantitative estimate of drug-likeness (QED) is 0.336. The Kier molecular flexibility index (Phi) is 2.97. The average Bonchev–Trinajstić information content (AvgIpc) is 2.75. The number of fused-ring (bicyclic) bond motifs is 6. The normalized spacial score (nSPS) is 22.5. The summed E-state index contributed by atoms with van der Waals surface area (Å²) in [5.41, 5.74) is 12.6. The van der Waals surface area contributed by atoms with Crippen LogP contribution in [-0.4, -0.2) is 39.1 Å². The van der Waals surface area contributed by atoms with Gasteiger partial charge in [-0.15, -0.1) is 0 Å². The third kappa shape index (κ3) is 2.09. The minimum atomic E-state index is -0.446. The van der Waals surface area contributed by atoms with E-state index >= 15 is 0 Å². The van der Waals surface area contributed by atoms with Gasteiger partial charge in [-0.25, -0.2) is 4.99 Å². The topological polar surface area (TPSA) is 184 Å². The zero-order chi connectivity index (χ0) is 18.9. The predicted molar refractivity (Wildman–Crippen MR) is 96.7 cm³/mol. The molecule has 12 heteroatoms. The van der Waals surface area contributed by atoms with Gasteiger partial charge in [0.1, 0.15) is 0 Å². The molecule has 0 radical (unpaired) electrons. The van der Waals surface area contributed by atoms with Crippen molar-refractivity contribution in [2.45, 2.75) is 13.0 Å². The molecule has 5 rings (SSSR count). The number of aromatic nitrogens is 4. The van der Waals surface area contributed by atoms with E-state index < -0.39 is 5.56 Å². The summed E-state index contributed by atoms with van der Waals surface area (Å²) in [4.78, 5) is 49.0. The number of nitrogens with one attached hydrogen (secondary N) is 3. The van der Waals surface area contributed by atoms with E-state index in [1.165, 1.54) is 0 Å². The summed E-state index contributed by atoms with van der Waals surface area (Å²) in [6, 6.07) is -0.0998. The summed E-state index contributed by atoms with van der Waals surface area (Å²) in [6.45, 7) is 2.76. The SMILES string of the molecule is CC1=C2N=c3c(nc(N)[nH]c3=O)=NC[C@@H]2[C@H]2CNc3nc(N)[nH]c(=O)c3N12. The van der Waals surface area contributed by atoms with Crippen molar-refractivity contribution in [1.82, 2.24) is 19.9 Å². The molecule has 0 saturated heterocycles. The summed E-state index contributed by atoms with van der Waals surface area (Å²) >= 11 is 0. The van der Waals surface area contributed by atoms with Crippen LogP contribution in [0.5, 0.6) is 0 Å². The zero-order valence-corrected chi connectivity index (χ0v) is 14.3. The maximum Gasteiger partial charge on any atom is 0.280 e. The van der Waals surface area contributed by atoms with Gasteiger partial charge in [-0.2, -0.15) is 9.97 Å². The van der Waals surface area contributed by atoms with Crippen LogP contribution in [0.15, 0.2) is 31.0 Å². The Bertz CT molecular complexity index is 1260. The van der Waals surface area contributed by atoms with Crippen LogP contribution in [0.25, 0.3) is 0 Å². The first-order chi connectivity index (χ1) is 12.9. The predicted octanol–water partition coefficient (Wildman–Crippen LogP) is -2.57. The number of anilines is 4. The molecule has 0 aromatic carbocycles. The largest absolute Gasteiger partial charge is 0.369 e. The molecule has 0 amide bonds. The number of hydrogen-bond acceptors (Lipinski definition) is 10. The van der Waals surface area contributed by atoms with Crippen molar-refractivity contribution in [2.75, 3.05) is 34.8 Å². The number of H-pyrrole nitrogens is 2. The molecule has 2 atom stereocenters. The Labute approximate surface area is 150 Å². The molecule has 0 saturated carbocycles. The monoisotopic (exact) mass is 368 g/mol. The molecule has 7 N–H and O–H groups in total. The number of rotatable bonds is 0. The molecule has 138 valence electrons. The molecule has 2 aromatic rings. The number of nitrogens with zero attached hydrogens (tertiary/aromatic N) is 5. The maximum absolute atomic E-state index is 12.5. The van der Waals surface area contributed by atoms with Gasteiger partial charge in [0.05, 0.1) is 18.3 Å². The molecule has 0 aliphatic carbocycles. The minimum Gasteiger partial charge on any atom is -0.369 e. The fourth-order valence-electron chi connectivity index (χ4n) is 3.96. The van der Waals surface area contributed by atoms with Gasteiger partial charge in [0, 0.05) is 18.2 Å². The van der Waals surface area contributed by atoms with E-state index in [0.717, 1.165) is 5.70 Å². The van der Waals surface area contributed by atoms with E-state index in [0.29, 0.717) is 30.3 Å². The Balaban J connectivity index is 1.76. The number of nitrogen functional groups attached to an aromatic ring is 2. The van der Waals surface area contributed by atoms with E-state index in [1.807, 2.05) is 11.8 Å². The second-order valence-corrected chi connectivity index (χ2v) is 6.62. The lowest BCUT2D eigenvalue weighted by atomic mass is 9.98. The van der Waals surface area contributed by atoms with Gasteiger partial charge in [0.15, 0.2) is 22.4 Å². The molecule has 0 fully saturated rings. The highest BCUT2D eigenvalue weighted by Crippen LogP contribution is 2.42. The molecule has 0 unspecified atom stereocenters. The second-order valence-electron chi connectivity index (χ2n) is 6.62. The van der Waals surface area contributed by atoms with Crippen molar-refractivity contribution in [3.05, 3.63) is 42.9 Å². The van der Waals surface area contributed by atoms with E-state index in [-0.39, 0.29) is 40.3 Å². The first-order valence-corrected chi connectivity index (χ1v) is 8.36. The lowest BCUT2D eigenvalue weighted by Crippen LogP contribution is -2.47. The summed E-state index contributed by atoms with van der Waals surface area (Å²) in [6.07, 6.45) is 0. The molecule has 5 heterocycles. The third-order valence-electron chi connectivity index (χ3n) is 5.08. The highest BCUT2D eigenvalue weighted by molar-refractivity contribution is 5.73. The van der Waals surface area contributed by atoms with Crippen LogP contribution in [-0.2, 0) is 0 Å². The van der Waals surface area contributed by atoms with E-state index in [2.05, 4.69) is 35.2 Å². The standard InChI is InChI=1S/C15H16N10O2/c1-4-7-5(2-18-10-8(20-7)12(26)23-14(16)21-10)6-3-19-11-9(25(4)6)13(27)24-15(17)22-11/h5-6H,2-3H2,1H3,(H3,16,18,21,23,26)(H4,17,19,22,24,27)/t5-,6-/m1/s1. The second kappa shape index (κ2) is 5.16. The molecular weight excluding hydrogens is 352 g/mol. The first-order valence-electron chi connectivity index (χ1n) is 8.36. The number of aromatic amines is 2. The maximum atomic E-state index is 12.5. The van der Waals surface area contributed by atoms with Crippen molar-refractivity contribution >= 4 is 23.4 Å². The van der Waals surface area contributed by atoms with E-state index in [1.54, 1.807) is 0 Å². The van der Waals surface area contributed by atoms with Crippen LogP contribution < -0.4 is 43.6 Å². The van der Waals surface area contributed by atoms with Gasteiger partial charge in [-0.1, -0.05) is 0 Å². The highest BCUT2D eigenvalue weighted by Gasteiger charge is 2.44. The Morgan fingerprint density at radius 1 is 1.11 bits per heavy atom. The lowest BCUT2D eigenvalue weighted by molar-refractivity contribution is 0.513. The minimum absolute atomic E-state index is 0.000505. The lowest BCUT2D eigenvalue weighted by Gasteiger charge is -2.35. The third-order valence-corrected chi connectivity index (χ3v) is 5.08. The number of allylic oxidation sites excluding steroid dienone is 1. The van der Waals surface area contributed by atoms with Crippen LogP contribution in [0, 0.1) is 5.92 Å². The molecule has 27 heavy (non-hydrogen) atoms. The highest BCUT2D eigenvalue weighted by atomic mass is 16.1. The molecule has 0 spiro atoms. The fraction of sp³-hybridized carbons (Fsp3) is 0.333. The Morgan fingerprint density at radius 3 is 2.67 bits per heavy atom. The summed E-state index contributed by atoms with van der Waals surface area (Å²) in [5.74, 6) is 0.360. The van der Waals surface area contributed by atoms with Crippen LogP contribution >= 0.6 is 0 Å². The van der Waals surface area contributed by atoms with Gasteiger partial charge in [0.25, 0.3) is 11.1 Å². The van der Waals surface area contributed by atoms with Crippen molar-refractivity contribution in [2.24, 2.45) is 15.9 Å². The first kappa shape index (κ1) is 15.5. The Hall–Kier alpha value is -3.70.